The summed E-state index contributed by atoms with van der Waals surface area (Å²) in [4.78, 5) is 14.4. The molecule has 1 saturated heterocycles. The first kappa shape index (κ1) is 13.1. The fraction of sp³-hybridized carbons (Fsp3) is 0.357. The van der Waals surface area contributed by atoms with Gasteiger partial charge in [-0.3, -0.25) is 4.90 Å². The summed E-state index contributed by atoms with van der Waals surface area (Å²) in [5.74, 6) is 0.633. The zero-order chi connectivity index (χ0) is 13.8. The summed E-state index contributed by atoms with van der Waals surface area (Å²) in [5, 5.41) is 0. The minimum Gasteiger partial charge on any atom is -0.350 e. The van der Waals surface area contributed by atoms with Gasteiger partial charge in [-0.2, -0.15) is 0 Å². The molecule has 6 nitrogen and oxygen atoms in total. The second-order valence-electron chi connectivity index (χ2n) is 4.84. The highest BCUT2D eigenvalue weighted by atomic mass is 16.5. The van der Waals surface area contributed by atoms with Crippen LogP contribution in [0.3, 0.4) is 0 Å². The van der Waals surface area contributed by atoms with Crippen molar-refractivity contribution in [2.24, 2.45) is 5.73 Å². The summed E-state index contributed by atoms with van der Waals surface area (Å²) >= 11 is 0. The Kier molecular flexibility index (Phi) is 3.96. The van der Waals surface area contributed by atoms with Crippen LogP contribution >= 0.6 is 0 Å². The van der Waals surface area contributed by atoms with Crippen molar-refractivity contribution in [3.8, 4) is 0 Å². The van der Waals surface area contributed by atoms with E-state index < -0.39 is 0 Å². The van der Waals surface area contributed by atoms with E-state index in [1.165, 1.54) is 18.2 Å². The zero-order valence-corrected chi connectivity index (χ0v) is 11.1. The Labute approximate surface area is 117 Å². The maximum absolute atomic E-state index is 5.97. The largest absolute Gasteiger partial charge is 0.350 e. The Morgan fingerprint density at radius 3 is 2.65 bits per heavy atom. The smallest absolute Gasteiger partial charge is 0.162 e. The van der Waals surface area contributed by atoms with Gasteiger partial charge in [0.05, 0.1) is 0 Å². The average molecular weight is 271 g/mol. The van der Waals surface area contributed by atoms with E-state index in [0.29, 0.717) is 12.4 Å². The number of hydrogen-bond acceptors (Lipinski definition) is 6. The first-order chi connectivity index (χ1) is 9.81. The Morgan fingerprint density at radius 2 is 1.90 bits per heavy atom. The maximum Gasteiger partial charge on any atom is 0.162 e. The molecular weight excluding hydrogens is 254 g/mol. The summed E-state index contributed by atoms with van der Waals surface area (Å²) in [6.07, 6.45) is 2.43. The molecule has 2 aromatic rings. The predicted molar refractivity (Wildman–Crippen MR) is 73.3 cm³/mol. The van der Waals surface area contributed by atoms with Gasteiger partial charge in [0.15, 0.2) is 5.82 Å². The van der Waals surface area contributed by atoms with Crippen LogP contribution in [0.15, 0.2) is 43.0 Å². The highest BCUT2D eigenvalue weighted by Gasteiger charge is 2.28. The van der Waals surface area contributed by atoms with Crippen molar-refractivity contribution in [2.45, 2.75) is 18.9 Å². The third-order valence-corrected chi connectivity index (χ3v) is 3.25. The molecule has 0 amide bonds. The van der Waals surface area contributed by atoms with Gasteiger partial charge in [-0.15, -0.1) is 0 Å². The quantitative estimate of drug-likeness (QED) is 0.886. The highest BCUT2D eigenvalue weighted by Crippen LogP contribution is 2.21. The van der Waals surface area contributed by atoms with Crippen LogP contribution in [0.2, 0.25) is 0 Å². The number of morpholine rings is 1. The van der Waals surface area contributed by atoms with Gasteiger partial charge < -0.3 is 10.5 Å². The second-order valence-corrected chi connectivity index (χ2v) is 4.84. The molecule has 20 heavy (non-hydrogen) atoms. The lowest BCUT2D eigenvalue weighted by Gasteiger charge is -2.35. The predicted octanol–water partition coefficient (Wildman–Crippen LogP) is 0.730. The molecule has 0 bridgehead atoms. The van der Waals surface area contributed by atoms with E-state index in [0.717, 1.165) is 13.1 Å². The molecule has 1 aliphatic heterocycles. The van der Waals surface area contributed by atoms with Gasteiger partial charge in [-0.1, -0.05) is 30.3 Å². The van der Waals surface area contributed by atoms with Crippen LogP contribution in [0.4, 0.5) is 0 Å². The van der Waals surface area contributed by atoms with Crippen LogP contribution in [-0.2, 0) is 11.3 Å². The third-order valence-electron chi connectivity index (χ3n) is 3.25. The van der Waals surface area contributed by atoms with Gasteiger partial charge in [-0.05, 0) is 5.56 Å². The van der Waals surface area contributed by atoms with Crippen LogP contribution in [0, 0.1) is 0 Å². The molecule has 104 valence electrons. The van der Waals surface area contributed by atoms with E-state index in [1.807, 2.05) is 18.2 Å². The highest BCUT2D eigenvalue weighted by molar-refractivity contribution is 5.14. The summed E-state index contributed by atoms with van der Waals surface area (Å²) in [6.45, 7) is 2.28. The molecule has 2 unspecified atom stereocenters. The summed E-state index contributed by atoms with van der Waals surface area (Å²) in [6, 6.07) is 10.3. The molecular formula is C14H17N5O. The van der Waals surface area contributed by atoms with Gasteiger partial charge >= 0.3 is 0 Å². The van der Waals surface area contributed by atoms with Crippen LogP contribution < -0.4 is 5.73 Å². The van der Waals surface area contributed by atoms with E-state index >= 15 is 0 Å². The van der Waals surface area contributed by atoms with E-state index in [-0.39, 0.29) is 12.3 Å². The molecule has 6 heteroatoms. The van der Waals surface area contributed by atoms with Crippen molar-refractivity contribution >= 4 is 0 Å². The molecule has 2 N–H and O–H groups in total. The van der Waals surface area contributed by atoms with Crippen molar-refractivity contribution in [3.05, 3.63) is 54.4 Å². The Bertz CT molecular complexity index is 536. The number of benzene rings is 1. The van der Waals surface area contributed by atoms with Crippen molar-refractivity contribution in [3.63, 3.8) is 0 Å². The fourth-order valence-electron chi connectivity index (χ4n) is 2.39. The van der Waals surface area contributed by atoms with Crippen molar-refractivity contribution in [2.75, 3.05) is 13.1 Å². The van der Waals surface area contributed by atoms with Gasteiger partial charge in [0.1, 0.15) is 25.0 Å². The summed E-state index contributed by atoms with van der Waals surface area (Å²) in [7, 11) is 0. The topological polar surface area (TPSA) is 77.2 Å². The van der Waals surface area contributed by atoms with Crippen LogP contribution in [-0.4, -0.2) is 39.2 Å². The standard InChI is InChI=1S/C14H17N5O/c15-13-8-19(6-11-4-2-1-3-5-11)7-12(20-13)14-17-9-16-10-18-14/h1-5,9-10,12-13H,6-8,15H2. The fourth-order valence-corrected chi connectivity index (χ4v) is 2.39. The normalized spacial score (nSPS) is 23.6. The van der Waals surface area contributed by atoms with Gasteiger partial charge in [0.2, 0.25) is 0 Å². The molecule has 1 aliphatic rings. The summed E-state index contributed by atoms with van der Waals surface area (Å²) < 4.78 is 5.72. The lowest BCUT2D eigenvalue weighted by atomic mass is 10.1. The number of nitrogens with zero attached hydrogens (tertiary/aromatic N) is 4. The first-order valence-corrected chi connectivity index (χ1v) is 6.60. The number of hydrogen-bond donors (Lipinski definition) is 1. The van der Waals surface area contributed by atoms with E-state index in [2.05, 4.69) is 32.0 Å². The first-order valence-electron chi connectivity index (χ1n) is 6.60. The lowest BCUT2D eigenvalue weighted by Crippen LogP contribution is -2.47. The van der Waals surface area contributed by atoms with Crippen LogP contribution in [0.1, 0.15) is 17.5 Å². The molecule has 0 spiro atoms. The third kappa shape index (κ3) is 3.16. The minimum absolute atomic E-state index is 0.203. The molecule has 0 saturated carbocycles. The number of nitrogens with two attached hydrogens (primary N) is 1. The summed E-state index contributed by atoms with van der Waals surface area (Å²) in [5.41, 5.74) is 7.23. The molecule has 1 aromatic carbocycles. The minimum atomic E-state index is -0.325. The van der Waals surface area contributed by atoms with Crippen molar-refractivity contribution in [1.29, 1.82) is 0 Å². The van der Waals surface area contributed by atoms with Crippen LogP contribution in [0.5, 0.6) is 0 Å². The molecule has 1 aromatic heterocycles. The van der Waals surface area contributed by atoms with E-state index in [9.17, 15) is 0 Å². The lowest BCUT2D eigenvalue weighted by molar-refractivity contribution is -0.0904. The molecule has 0 radical (unpaired) electrons. The molecule has 3 rings (SSSR count). The number of aromatic nitrogens is 3. The Balaban J connectivity index is 1.70. The van der Waals surface area contributed by atoms with Crippen molar-refractivity contribution in [1.82, 2.24) is 19.9 Å². The SMILES string of the molecule is NC1CN(Cc2ccccc2)CC(c2ncncn2)O1. The van der Waals surface area contributed by atoms with E-state index in [1.54, 1.807) is 0 Å². The molecule has 2 atom stereocenters. The average Bonchev–Trinajstić information content (AvgIpc) is 2.49. The number of rotatable bonds is 3. The van der Waals surface area contributed by atoms with Gasteiger partial charge in [-0.25, -0.2) is 15.0 Å². The van der Waals surface area contributed by atoms with Crippen molar-refractivity contribution < 1.29 is 4.74 Å². The zero-order valence-electron chi connectivity index (χ0n) is 11.1. The van der Waals surface area contributed by atoms with Crippen LogP contribution in [0.25, 0.3) is 0 Å². The molecule has 0 aliphatic carbocycles. The Morgan fingerprint density at radius 1 is 1.15 bits per heavy atom. The monoisotopic (exact) mass is 271 g/mol. The molecule has 1 fully saturated rings. The van der Waals surface area contributed by atoms with Gasteiger partial charge in [0, 0.05) is 19.6 Å². The van der Waals surface area contributed by atoms with Gasteiger partial charge in [0.25, 0.3) is 0 Å². The van der Waals surface area contributed by atoms with E-state index in [4.69, 9.17) is 10.5 Å². The maximum atomic E-state index is 5.97. The Hall–Kier alpha value is -1.89. The second kappa shape index (κ2) is 6.04. The molecule has 2 heterocycles. The number of ether oxygens (including phenoxy) is 1.